The molecule has 1 saturated heterocycles. The first kappa shape index (κ1) is 23.9. The first-order chi connectivity index (χ1) is 13.6. The van der Waals surface area contributed by atoms with Gasteiger partial charge in [0.2, 0.25) is 0 Å². The number of nitrogens with zero attached hydrogens (tertiary/aromatic N) is 4. The summed E-state index contributed by atoms with van der Waals surface area (Å²) in [5, 5.41) is 7.01. The van der Waals surface area contributed by atoms with Crippen molar-refractivity contribution >= 4 is 41.0 Å². The molecule has 1 fully saturated rings. The number of guanidine groups is 1. The second-order valence-corrected chi connectivity index (χ2v) is 8.09. The molecule has 0 amide bonds. The zero-order valence-corrected chi connectivity index (χ0v) is 20.6. The molecule has 1 aromatic heterocycles. The van der Waals surface area contributed by atoms with Gasteiger partial charge >= 0.3 is 0 Å². The molecule has 2 heterocycles. The number of nitrogens with one attached hydrogen (secondary N) is 2. The summed E-state index contributed by atoms with van der Waals surface area (Å²) in [6.07, 6.45) is 3.69. The summed E-state index contributed by atoms with van der Waals surface area (Å²) in [4.78, 5) is 11.7. The fraction of sp³-hybridized carbons (Fsp3) is 0.636. The lowest BCUT2D eigenvalue weighted by Gasteiger charge is -2.31. The van der Waals surface area contributed by atoms with Gasteiger partial charge in [-0.1, -0.05) is 26.0 Å². The van der Waals surface area contributed by atoms with Gasteiger partial charge in [0.25, 0.3) is 0 Å². The number of rotatable bonds is 8. The van der Waals surface area contributed by atoms with Crippen LogP contribution in [0.5, 0.6) is 0 Å². The van der Waals surface area contributed by atoms with Crippen LogP contribution in [0.3, 0.4) is 0 Å². The standard InChI is InChI=1S/C22H36N6.HI/c1-17(2)21(27-13-7-8-14-27)16-25-22(23-4)24-12-9-15-28-18(3)26-19-10-5-6-11-20(19)28;/h5-6,10-11,17,21H,7-9,12-16H2,1-4H3,(H2,23,24,25);1H. The van der Waals surface area contributed by atoms with Gasteiger partial charge in [0.05, 0.1) is 11.0 Å². The molecule has 29 heavy (non-hydrogen) atoms. The lowest BCUT2D eigenvalue weighted by Crippen LogP contribution is -2.48. The average molecular weight is 512 g/mol. The normalized spacial score (nSPS) is 16.2. The predicted molar refractivity (Wildman–Crippen MR) is 133 cm³/mol. The SMILES string of the molecule is CN=C(NCCCn1c(C)nc2ccccc21)NCC(C(C)C)N1CCCC1.I. The summed E-state index contributed by atoms with van der Waals surface area (Å²) in [5.41, 5.74) is 2.29. The Kier molecular flexibility index (Phi) is 9.68. The number of hydrogen-bond acceptors (Lipinski definition) is 3. The Labute approximate surface area is 192 Å². The summed E-state index contributed by atoms with van der Waals surface area (Å²) in [6.45, 7) is 12.0. The van der Waals surface area contributed by atoms with Crippen LogP contribution in [-0.4, -0.2) is 59.7 Å². The Balaban J connectivity index is 0.00000300. The van der Waals surface area contributed by atoms with E-state index in [0.29, 0.717) is 12.0 Å². The van der Waals surface area contributed by atoms with Gasteiger partial charge in [0.15, 0.2) is 5.96 Å². The summed E-state index contributed by atoms with van der Waals surface area (Å²) in [5.74, 6) is 2.62. The van der Waals surface area contributed by atoms with Crippen molar-refractivity contribution in [2.75, 3.05) is 33.2 Å². The summed E-state index contributed by atoms with van der Waals surface area (Å²) in [7, 11) is 1.85. The summed E-state index contributed by atoms with van der Waals surface area (Å²) < 4.78 is 2.30. The van der Waals surface area contributed by atoms with Crippen LogP contribution in [0.25, 0.3) is 11.0 Å². The average Bonchev–Trinajstić information content (AvgIpc) is 3.31. The van der Waals surface area contributed by atoms with Gasteiger partial charge < -0.3 is 15.2 Å². The molecule has 162 valence electrons. The van der Waals surface area contributed by atoms with Gasteiger partial charge in [-0.05, 0) is 57.3 Å². The van der Waals surface area contributed by atoms with Crippen molar-refractivity contribution in [3.8, 4) is 0 Å². The Morgan fingerprint density at radius 3 is 2.59 bits per heavy atom. The Morgan fingerprint density at radius 2 is 1.90 bits per heavy atom. The maximum Gasteiger partial charge on any atom is 0.191 e. The van der Waals surface area contributed by atoms with Crippen LogP contribution in [0.15, 0.2) is 29.3 Å². The third kappa shape index (κ3) is 6.31. The summed E-state index contributed by atoms with van der Waals surface area (Å²) in [6, 6.07) is 8.92. The molecule has 3 rings (SSSR count). The van der Waals surface area contributed by atoms with E-state index < -0.39 is 0 Å². The van der Waals surface area contributed by atoms with E-state index in [1.165, 1.54) is 31.4 Å². The molecule has 0 radical (unpaired) electrons. The molecule has 1 atom stereocenters. The number of fused-ring (bicyclic) bond motifs is 1. The molecule has 1 unspecified atom stereocenters. The molecule has 2 aromatic rings. The number of imidazole rings is 1. The maximum atomic E-state index is 4.65. The highest BCUT2D eigenvalue weighted by Gasteiger charge is 2.24. The largest absolute Gasteiger partial charge is 0.356 e. The number of aliphatic imine (C=N–C) groups is 1. The van der Waals surface area contributed by atoms with E-state index >= 15 is 0 Å². The smallest absolute Gasteiger partial charge is 0.191 e. The molecular formula is C22H37IN6. The van der Waals surface area contributed by atoms with Crippen molar-refractivity contribution < 1.29 is 0 Å². The van der Waals surface area contributed by atoms with E-state index in [-0.39, 0.29) is 24.0 Å². The second-order valence-electron chi connectivity index (χ2n) is 8.09. The maximum absolute atomic E-state index is 4.65. The predicted octanol–water partition coefficient (Wildman–Crippen LogP) is 3.64. The van der Waals surface area contributed by atoms with Crippen molar-refractivity contribution in [3.63, 3.8) is 0 Å². The number of likely N-dealkylation sites (tertiary alicyclic amines) is 1. The van der Waals surface area contributed by atoms with Crippen molar-refractivity contribution in [3.05, 3.63) is 30.1 Å². The number of hydrogen-bond donors (Lipinski definition) is 2. The second kappa shape index (κ2) is 11.7. The first-order valence-corrected chi connectivity index (χ1v) is 10.7. The highest BCUT2D eigenvalue weighted by Crippen LogP contribution is 2.17. The van der Waals surface area contributed by atoms with E-state index in [0.717, 1.165) is 43.4 Å². The number of benzene rings is 1. The highest BCUT2D eigenvalue weighted by molar-refractivity contribution is 14.0. The van der Waals surface area contributed by atoms with E-state index in [9.17, 15) is 0 Å². The van der Waals surface area contributed by atoms with E-state index in [4.69, 9.17) is 0 Å². The van der Waals surface area contributed by atoms with Gasteiger partial charge in [-0.15, -0.1) is 24.0 Å². The minimum absolute atomic E-state index is 0. The van der Waals surface area contributed by atoms with Crippen LogP contribution < -0.4 is 10.6 Å². The minimum atomic E-state index is 0. The van der Waals surface area contributed by atoms with Gasteiger partial charge in [-0.25, -0.2) is 4.98 Å². The lowest BCUT2D eigenvalue weighted by atomic mass is 10.0. The fourth-order valence-electron chi connectivity index (χ4n) is 4.20. The van der Waals surface area contributed by atoms with Gasteiger partial charge in [0, 0.05) is 32.7 Å². The van der Waals surface area contributed by atoms with E-state index in [1.54, 1.807) is 0 Å². The Bertz CT molecular complexity index is 779. The first-order valence-electron chi connectivity index (χ1n) is 10.7. The molecule has 0 aliphatic carbocycles. The lowest BCUT2D eigenvalue weighted by molar-refractivity contribution is 0.192. The topological polar surface area (TPSA) is 57.5 Å². The molecular weight excluding hydrogens is 475 g/mol. The van der Waals surface area contributed by atoms with Gasteiger partial charge in [0.1, 0.15) is 5.82 Å². The molecule has 6 nitrogen and oxygen atoms in total. The van der Waals surface area contributed by atoms with E-state index in [1.807, 2.05) is 13.1 Å². The molecule has 0 bridgehead atoms. The fourth-order valence-corrected chi connectivity index (χ4v) is 4.20. The molecule has 1 aromatic carbocycles. The van der Waals surface area contributed by atoms with Crippen molar-refractivity contribution in [2.45, 2.75) is 52.6 Å². The highest BCUT2D eigenvalue weighted by atomic mass is 127. The zero-order valence-electron chi connectivity index (χ0n) is 18.3. The third-order valence-corrected chi connectivity index (χ3v) is 5.78. The molecule has 7 heteroatoms. The monoisotopic (exact) mass is 512 g/mol. The van der Waals surface area contributed by atoms with Crippen LogP contribution in [0.2, 0.25) is 0 Å². The number of aromatic nitrogens is 2. The van der Waals surface area contributed by atoms with Crippen molar-refractivity contribution in [2.24, 2.45) is 10.9 Å². The Morgan fingerprint density at radius 1 is 1.17 bits per heavy atom. The van der Waals surface area contributed by atoms with Crippen molar-refractivity contribution in [1.82, 2.24) is 25.1 Å². The molecule has 2 N–H and O–H groups in total. The number of halogens is 1. The molecule has 0 spiro atoms. The van der Waals surface area contributed by atoms with Crippen LogP contribution in [0.1, 0.15) is 38.9 Å². The quantitative estimate of drug-likeness (QED) is 0.246. The molecule has 1 aliphatic rings. The molecule has 0 saturated carbocycles. The van der Waals surface area contributed by atoms with Crippen LogP contribution in [0.4, 0.5) is 0 Å². The van der Waals surface area contributed by atoms with Crippen LogP contribution >= 0.6 is 24.0 Å². The Hall–Kier alpha value is -1.35. The number of aryl methyl sites for hydroxylation is 2. The van der Waals surface area contributed by atoms with Crippen LogP contribution in [-0.2, 0) is 6.54 Å². The van der Waals surface area contributed by atoms with Gasteiger partial charge in [-0.2, -0.15) is 0 Å². The van der Waals surface area contributed by atoms with Crippen LogP contribution in [0, 0.1) is 12.8 Å². The summed E-state index contributed by atoms with van der Waals surface area (Å²) >= 11 is 0. The van der Waals surface area contributed by atoms with Gasteiger partial charge in [-0.3, -0.25) is 9.89 Å². The third-order valence-electron chi connectivity index (χ3n) is 5.78. The zero-order chi connectivity index (χ0) is 19.9. The number of para-hydroxylation sites is 2. The molecule has 1 aliphatic heterocycles. The van der Waals surface area contributed by atoms with Crippen molar-refractivity contribution in [1.29, 1.82) is 0 Å². The minimum Gasteiger partial charge on any atom is -0.356 e. The van der Waals surface area contributed by atoms with E-state index in [2.05, 4.69) is 69.0 Å².